The van der Waals surface area contributed by atoms with Gasteiger partial charge in [-0.2, -0.15) is 0 Å². The molecule has 1 saturated heterocycles. The first-order valence-electron chi connectivity index (χ1n) is 6.82. The molecule has 1 aromatic carbocycles. The van der Waals surface area contributed by atoms with E-state index in [1.807, 2.05) is 0 Å². The summed E-state index contributed by atoms with van der Waals surface area (Å²) in [7, 11) is 0. The van der Waals surface area contributed by atoms with Gasteiger partial charge in [-0.15, -0.1) is 0 Å². The molecular formula is C15H15Cl2N3O. The highest BCUT2D eigenvalue weighted by Gasteiger charge is 2.29. The Morgan fingerprint density at radius 2 is 2.00 bits per heavy atom. The molecule has 2 aromatic rings. The highest BCUT2D eigenvalue weighted by molar-refractivity contribution is 6.34. The van der Waals surface area contributed by atoms with E-state index in [1.165, 1.54) is 0 Å². The van der Waals surface area contributed by atoms with E-state index in [2.05, 4.69) is 15.3 Å². The van der Waals surface area contributed by atoms with Crippen LogP contribution in [0.25, 0.3) is 0 Å². The summed E-state index contributed by atoms with van der Waals surface area (Å²) in [6.45, 7) is 1.89. The van der Waals surface area contributed by atoms with Crippen molar-refractivity contribution in [3.05, 3.63) is 52.5 Å². The highest BCUT2D eigenvalue weighted by Crippen LogP contribution is 2.33. The molecule has 1 aromatic heterocycles. The third-order valence-electron chi connectivity index (χ3n) is 3.50. The Morgan fingerprint density at radius 3 is 2.62 bits per heavy atom. The van der Waals surface area contributed by atoms with Crippen molar-refractivity contribution in [3.8, 4) is 5.75 Å². The maximum absolute atomic E-state index is 6.13. The van der Waals surface area contributed by atoms with Crippen LogP contribution in [0.2, 0.25) is 10.0 Å². The summed E-state index contributed by atoms with van der Waals surface area (Å²) >= 11 is 12.1. The lowest BCUT2D eigenvalue weighted by atomic mass is 9.99. The molecule has 0 radical (unpaired) electrons. The van der Waals surface area contributed by atoms with E-state index in [0.29, 0.717) is 21.7 Å². The lowest BCUT2D eigenvalue weighted by molar-refractivity contribution is 0.139. The minimum Gasteiger partial charge on any atom is -0.484 e. The standard InChI is InChI=1S/C15H15Cl2N3O/c16-11-5-12(17)7-13(6-11)21-15(10-1-2-18-8-10)14-9-19-3-4-20-14/h3-7,9-10,15,18H,1-2,8H2/t10?,15-/m0/s1. The van der Waals surface area contributed by atoms with Gasteiger partial charge in [-0.3, -0.25) is 9.97 Å². The van der Waals surface area contributed by atoms with Crippen molar-refractivity contribution in [2.45, 2.75) is 12.5 Å². The zero-order valence-electron chi connectivity index (χ0n) is 11.3. The molecule has 4 nitrogen and oxygen atoms in total. The SMILES string of the molecule is Clc1cc(Cl)cc(O[C@H](c2cnccn2)C2CCNC2)c1. The van der Waals surface area contributed by atoms with Gasteiger partial charge in [0, 0.05) is 34.9 Å². The summed E-state index contributed by atoms with van der Waals surface area (Å²) in [4.78, 5) is 8.52. The fourth-order valence-electron chi connectivity index (χ4n) is 2.53. The zero-order valence-corrected chi connectivity index (χ0v) is 12.8. The van der Waals surface area contributed by atoms with E-state index in [9.17, 15) is 0 Å². The zero-order chi connectivity index (χ0) is 14.7. The van der Waals surface area contributed by atoms with Crippen LogP contribution in [0.5, 0.6) is 5.75 Å². The molecule has 0 aliphatic carbocycles. The Kier molecular flexibility index (Phi) is 4.58. The van der Waals surface area contributed by atoms with Gasteiger partial charge in [-0.25, -0.2) is 0 Å². The van der Waals surface area contributed by atoms with E-state index < -0.39 is 0 Å². The lowest BCUT2D eigenvalue weighted by Gasteiger charge is -2.23. The fraction of sp³-hybridized carbons (Fsp3) is 0.333. The van der Waals surface area contributed by atoms with Crippen LogP contribution in [-0.4, -0.2) is 23.1 Å². The van der Waals surface area contributed by atoms with Gasteiger partial charge in [0.2, 0.25) is 0 Å². The van der Waals surface area contributed by atoms with Gasteiger partial charge in [0.05, 0.1) is 11.9 Å². The second kappa shape index (κ2) is 6.60. The maximum Gasteiger partial charge on any atom is 0.146 e. The van der Waals surface area contributed by atoms with Crippen LogP contribution in [0.4, 0.5) is 0 Å². The summed E-state index contributed by atoms with van der Waals surface area (Å²) in [5.41, 5.74) is 0.822. The first-order valence-corrected chi connectivity index (χ1v) is 7.57. The number of nitrogens with one attached hydrogen (secondary N) is 1. The molecule has 0 amide bonds. The number of rotatable bonds is 4. The van der Waals surface area contributed by atoms with Gasteiger partial charge in [0.25, 0.3) is 0 Å². The van der Waals surface area contributed by atoms with Gasteiger partial charge < -0.3 is 10.1 Å². The minimum atomic E-state index is -0.164. The van der Waals surface area contributed by atoms with Gasteiger partial charge in [0.1, 0.15) is 11.9 Å². The number of benzene rings is 1. The predicted molar refractivity (Wildman–Crippen MR) is 82.8 cm³/mol. The van der Waals surface area contributed by atoms with Gasteiger partial charge >= 0.3 is 0 Å². The first-order chi connectivity index (χ1) is 10.2. The molecule has 0 saturated carbocycles. The Labute approximate surface area is 133 Å². The number of hydrogen-bond donors (Lipinski definition) is 1. The quantitative estimate of drug-likeness (QED) is 0.935. The van der Waals surface area contributed by atoms with Crippen LogP contribution >= 0.6 is 23.2 Å². The van der Waals surface area contributed by atoms with Crippen LogP contribution in [0.3, 0.4) is 0 Å². The minimum absolute atomic E-state index is 0.164. The van der Waals surface area contributed by atoms with E-state index in [-0.39, 0.29) is 6.10 Å². The topological polar surface area (TPSA) is 47.0 Å². The Hall–Kier alpha value is -1.36. The molecule has 1 fully saturated rings. The van der Waals surface area contributed by atoms with E-state index in [1.54, 1.807) is 36.8 Å². The normalized spacial score (nSPS) is 19.4. The number of halogens is 2. The molecule has 1 N–H and O–H groups in total. The molecule has 1 aliphatic heterocycles. The van der Waals surface area contributed by atoms with Crippen LogP contribution in [0.1, 0.15) is 18.2 Å². The molecule has 1 aliphatic rings. The largest absolute Gasteiger partial charge is 0.484 e. The van der Waals surface area contributed by atoms with E-state index in [4.69, 9.17) is 27.9 Å². The van der Waals surface area contributed by atoms with Crippen LogP contribution in [0, 0.1) is 5.92 Å². The summed E-state index contributed by atoms with van der Waals surface area (Å²) in [5.74, 6) is 0.995. The first kappa shape index (κ1) is 14.6. The molecule has 0 spiro atoms. The summed E-state index contributed by atoms with van der Waals surface area (Å²) in [5, 5.41) is 4.46. The van der Waals surface area contributed by atoms with Crippen LogP contribution in [-0.2, 0) is 0 Å². The summed E-state index contributed by atoms with van der Waals surface area (Å²) in [6, 6.07) is 5.21. The molecule has 21 heavy (non-hydrogen) atoms. The third kappa shape index (κ3) is 3.64. The third-order valence-corrected chi connectivity index (χ3v) is 3.94. The fourth-order valence-corrected chi connectivity index (χ4v) is 3.04. The monoisotopic (exact) mass is 323 g/mol. The van der Waals surface area contributed by atoms with Gasteiger partial charge in [0.15, 0.2) is 0 Å². The van der Waals surface area contributed by atoms with E-state index >= 15 is 0 Å². The van der Waals surface area contributed by atoms with Crippen molar-refractivity contribution >= 4 is 23.2 Å². The second-order valence-electron chi connectivity index (χ2n) is 5.03. The van der Waals surface area contributed by atoms with Gasteiger partial charge in [-0.05, 0) is 31.2 Å². The van der Waals surface area contributed by atoms with E-state index in [0.717, 1.165) is 25.2 Å². The summed E-state index contributed by atoms with van der Waals surface area (Å²) < 4.78 is 6.13. The molecule has 110 valence electrons. The molecule has 2 heterocycles. The average Bonchev–Trinajstić information content (AvgIpc) is 2.98. The highest BCUT2D eigenvalue weighted by atomic mass is 35.5. The van der Waals surface area contributed by atoms with Crippen LogP contribution in [0.15, 0.2) is 36.8 Å². The summed E-state index contributed by atoms with van der Waals surface area (Å²) in [6.07, 6.45) is 5.95. The Morgan fingerprint density at radius 1 is 1.19 bits per heavy atom. The molecular weight excluding hydrogens is 309 g/mol. The second-order valence-corrected chi connectivity index (χ2v) is 5.90. The van der Waals surface area contributed by atoms with Crippen molar-refractivity contribution in [2.75, 3.05) is 13.1 Å². The van der Waals surface area contributed by atoms with Crippen molar-refractivity contribution in [1.29, 1.82) is 0 Å². The van der Waals surface area contributed by atoms with Crippen molar-refractivity contribution in [2.24, 2.45) is 5.92 Å². The number of ether oxygens (including phenoxy) is 1. The maximum atomic E-state index is 6.13. The molecule has 0 bridgehead atoms. The molecule has 6 heteroatoms. The number of nitrogens with zero attached hydrogens (tertiary/aromatic N) is 2. The van der Waals surface area contributed by atoms with Gasteiger partial charge in [-0.1, -0.05) is 23.2 Å². The number of hydrogen-bond acceptors (Lipinski definition) is 4. The molecule has 2 atom stereocenters. The van der Waals surface area contributed by atoms with Crippen molar-refractivity contribution in [1.82, 2.24) is 15.3 Å². The van der Waals surface area contributed by atoms with Crippen molar-refractivity contribution in [3.63, 3.8) is 0 Å². The molecule has 3 rings (SSSR count). The average molecular weight is 324 g/mol. The molecule has 1 unspecified atom stereocenters. The van der Waals surface area contributed by atoms with Crippen molar-refractivity contribution < 1.29 is 4.74 Å². The Balaban J connectivity index is 1.88. The Bertz CT molecular complexity index is 583. The van der Waals surface area contributed by atoms with Crippen LogP contribution < -0.4 is 10.1 Å². The smallest absolute Gasteiger partial charge is 0.146 e. The lowest BCUT2D eigenvalue weighted by Crippen LogP contribution is -2.22. The number of aromatic nitrogens is 2. The predicted octanol–water partition coefficient (Wildman–Crippen LogP) is 3.51.